The number of carbonyl (C=O) groups excluding carboxylic acids is 1. The van der Waals surface area contributed by atoms with Crippen molar-refractivity contribution < 1.29 is 9.00 Å². The summed E-state index contributed by atoms with van der Waals surface area (Å²) in [4.78, 5) is 12.7. The Hall–Kier alpha value is -0.820. The number of ketones is 1. The number of nitrogens with one attached hydrogen (secondary N) is 1. The first kappa shape index (κ1) is 19.9. The molecule has 1 N–H and O–H groups in total. The van der Waals surface area contributed by atoms with Crippen molar-refractivity contribution in [3.8, 4) is 0 Å². The van der Waals surface area contributed by atoms with Crippen LogP contribution >= 0.6 is 23.5 Å². The fourth-order valence-corrected chi connectivity index (χ4v) is 7.30. The van der Waals surface area contributed by atoms with Crippen molar-refractivity contribution in [3.63, 3.8) is 0 Å². The molecule has 6 heteroatoms. The molecule has 0 saturated carbocycles. The Morgan fingerprint density at radius 1 is 1.12 bits per heavy atom. The van der Waals surface area contributed by atoms with Crippen LogP contribution in [0.15, 0.2) is 42.5 Å². The normalized spacial score (nSPS) is 19.4. The zero-order chi connectivity index (χ0) is 18.9. The van der Waals surface area contributed by atoms with Crippen LogP contribution in [-0.2, 0) is 15.8 Å². The van der Waals surface area contributed by atoms with Gasteiger partial charge in [-0.2, -0.15) is 0 Å². The molecular formula is C20H25NO2S3. The van der Waals surface area contributed by atoms with Gasteiger partial charge in [-0.15, -0.1) is 23.5 Å². The highest BCUT2D eigenvalue weighted by Gasteiger charge is 2.49. The lowest BCUT2D eigenvalue weighted by Gasteiger charge is -2.36. The van der Waals surface area contributed by atoms with Crippen LogP contribution in [0.4, 0.5) is 0 Å². The molecule has 1 fully saturated rings. The van der Waals surface area contributed by atoms with Crippen LogP contribution in [-0.4, -0.2) is 30.3 Å². The summed E-state index contributed by atoms with van der Waals surface area (Å²) < 4.78 is 15.2. The zero-order valence-electron chi connectivity index (χ0n) is 15.6. The summed E-state index contributed by atoms with van der Waals surface area (Å²) in [6, 6.07) is 14.1. The van der Waals surface area contributed by atoms with Gasteiger partial charge in [0.2, 0.25) is 0 Å². The SMILES string of the molecule is CC(=O)C1(C(NS(=O)C(C)(C)C)c2ccc3ccccc3c2)SCCS1. The molecule has 0 radical (unpaired) electrons. The molecule has 26 heavy (non-hydrogen) atoms. The number of carbonyl (C=O) groups is 1. The number of Topliss-reactive ketones (excluding diaryl/α,β-unsaturated/α-hetero) is 1. The second-order valence-electron chi connectivity index (χ2n) is 7.46. The van der Waals surface area contributed by atoms with Gasteiger partial charge in [-0.05, 0) is 50.1 Å². The highest BCUT2D eigenvalue weighted by atomic mass is 32.2. The second kappa shape index (κ2) is 7.66. The molecule has 3 rings (SSSR count). The van der Waals surface area contributed by atoms with Crippen molar-refractivity contribution in [3.05, 3.63) is 48.0 Å². The van der Waals surface area contributed by atoms with Crippen molar-refractivity contribution in [2.24, 2.45) is 0 Å². The Morgan fingerprint density at radius 2 is 1.73 bits per heavy atom. The molecule has 0 spiro atoms. The van der Waals surface area contributed by atoms with E-state index in [0.717, 1.165) is 27.8 Å². The smallest absolute Gasteiger partial charge is 0.157 e. The van der Waals surface area contributed by atoms with Crippen LogP contribution in [0.3, 0.4) is 0 Å². The van der Waals surface area contributed by atoms with E-state index in [-0.39, 0.29) is 11.8 Å². The van der Waals surface area contributed by atoms with Crippen molar-refractivity contribution in [1.29, 1.82) is 0 Å². The Kier molecular flexibility index (Phi) is 5.87. The maximum atomic E-state index is 12.9. The largest absolute Gasteiger partial charge is 0.297 e. The van der Waals surface area contributed by atoms with Crippen LogP contribution < -0.4 is 4.72 Å². The van der Waals surface area contributed by atoms with Gasteiger partial charge < -0.3 is 0 Å². The lowest BCUT2D eigenvalue weighted by molar-refractivity contribution is -0.117. The van der Waals surface area contributed by atoms with E-state index in [1.807, 2.05) is 32.9 Å². The summed E-state index contributed by atoms with van der Waals surface area (Å²) in [7, 11) is -1.27. The predicted octanol–water partition coefficient (Wildman–Crippen LogP) is 4.70. The number of fused-ring (bicyclic) bond motifs is 1. The first-order valence-electron chi connectivity index (χ1n) is 8.70. The van der Waals surface area contributed by atoms with Crippen molar-refractivity contribution in [2.45, 2.75) is 42.6 Å². The molecule has 0 aliphatic carbocycles. The number of hydrogen-bond acceptors (Lipinski definition) is 4. The molecule has 1 aliphatic rings. The van der Waals surface area contributed by atoms with E-state index < -0.39 is 19.8 Å². The van der Waals surface area contributed by atoms with Gasteiger partial charge in [0.05, 0.1) is 21.8 Å². The Balaban J connectivity index is 2.09. The highest BCUT2D eigenvalue weighted by Crippen LogP contribution is 2.52. The van der Waals surface area contributed by atoms with Crippen LogP contribution in [0.2, 0.25) is 0 Å². The average Bonchev–Trinajstić information content (AvgIpc) is 3.09. The van der Waals surface area contributed by atoms with Crippen molar-refractivity contribution in [2.75, 3.05) is 11.5 Å². The average molecular weight is 408 g/mol. The molecule has 1 saturated heterocycles. The van der Waals surface area contributed by atoms with Gasteiger partial charge in [0.15, 0.2) is 5.78 Å². The minimum absolute atomic E-state index is 0.126. The van der Waals surface area contributed by atoms with Crippen molar-refractivity contribution >= 4 is 51.1 Å². The third kappa shape index (κ3) is 3.88. The van der Waals surface area contributed by atoms with E-state index in [4.69, 9.17) is 0 Å². The summed E-state index contributed by atoms with van der Waals surface area (Å²) in [5, 5.41) is 2.29. The topological polar surface area (TPSA) is 46.2 Å². The lowest BCUT2D eigenvalue weighted by atomic mass is 9.98. The molecule has 0 bridgehead atoms. The van der Waals surface area contributed by atoms with E-state index in [1.165, 1.54) is 0 Å². The number of benzene rings is 2. The Labute approximate surface area is 166 Å². The summed E-state index contributed by atoms with van der Waals surface area (Å²) in [5.41, 5.74) is 1.01. The fourth-order valence-electron chi connectivity index (χ4n) is 3.04. The third-order valence-electron chi connectivity index (χ3n) is 4.48. The van der Waals surface area contributed by atoms with Crippen LogP contribution in [0.1, 0.15) is 39.3 Å². The lowest BCUT2D eigenvalue weighted by Crippen LogP contribution is -2.46. The van der Waals surface area contributed by atoms with Gasteiger partial charge in [0.25, 0.3) is 0 Å². The van der Waals surface area contributed by atoms with E-state index in [0.29, 0.717) is 0 Å². The summed E-state index contributed by atoms with van der Waals surface area (Å²) in [6.07, 6.45) is 0. The van der Waals surface area contributed by atoms with Crippen LogP contribution in [0.25, 0.3) is 10.8 Å². The van der Waals surface area contributed by atoms with Crippen molar-refractivity contribution in [1.82, 2.24) is 4.72 Å². The molecular weight excluding hydrogens is 382 g/mol. The minimum atomic E-state index is -1.27. The van der Waals surface area contributed by atoms with E-state index in [9.17, 15) is 9.00 Å². The standard InChI is InChI=1S/C20H25NO2S3/c1-14(22)20(24-11-12-25-20)18(21-26(23)19(2,3)4)17-10-9-15-7-5-6-8-16(15)13-17/h5-10,13,18,21H,11-12H2,1-4H3. The van der Waals surface area contributed by atoms with Gasteiger partial charge in [-0.1, -0.05) is 36.4 Å². The summed E-state index contributed by atoms with van der Waals surface area (Å²) in [6.45, 7) is 7.50. The summed E-state index contributed by atoms with van der Waals surface area (Å²) in [5.74, 6) is 1.98. The van der Waals surface area contributed by atoms with E-state index >= 15 is 0 Å². The molecule has 2 aromatic rings. The molecule has 2 atom stereocenters. The van der Waals surface area contributed by atoms with Gasteiger partial charge in [0, 0.05) is 11.5 Å². The number of hydrogen-bond donors (Lipinski definition) is 1. The number of thioether (sulfide) groups is 2. The monoisotopic (exact) mass is 407 g/mol. The third-order valence-corrected chi connectivity index (χ3v) is 9.72. The first-order chi connectivity index (χ1) is 12.2. The van der Waals surface area contributed by atoms with Gasteiger partial charge in [0.1, 0.15) is 4.08 Å². The molecule has 0 amide bonds. The maximum absolute atomic E-state index is 12.9. The summed E-state index contributed by atoms with van der Waals surface area (Å²) >= 11 is 3.35. The molecule has 2 unspecified atom stereocenters. The Morgan fingerprint density at radius 3 is 2.31 bits per heavy atom. The molecule has 1 heterocycles. The fraction of sp³-hybridized carbons (Fsp3) is 0.450. The molecule has 3 nitrogen and oxygen atoms in total. The maximum Gasteiger partial charge on any atom is 0.157 e. The highest BCUT2D eigenvalue weighted by molar-refractivity contribution is 8.22. The number of rotatable bonds is 5. The van der Waals surface area contributed by atoms with Gasteiger partial charge >= 0.3 is 0 Å². The van der Waals surface area contributed by atoms with Crippen LogP contribution in [0, 0.1) is 0 Å². The quantitative estimate of drug-likeness (QED) is 0.780. The van der Waals surface area contributed by atoms with Crippen LogP contribution in [0.5, 0.6) is 0 Å². The van der Waals surface area contributed by atoms with E-state index in [1.54, 1.807) is 30.4 Å². The van der Waals surface area contributed by atoms with Gasteiger partial charge in [-0.25, -0.2) is 8.93 Å². The first-order valence-corrected chi connectivity index (χ1v) is 11.8. The van der Waals surface area contributed by atoms with E-state index in [2.05, 4.69) is 35.1 Å². The predicted molar refractivity (Wildman–Crippen MR) is 116 cm³/mol. The Bertz CT molecular complexity index is 838. The molecule has 2 aromatic carbocycles. The zero-order valence-corrected chi connectivity index (χ0v) is 18.0. The molecule has 1 aliphatic heterocycles. The molecule has 0 aromatic heterocycles. The van der Waals surface area contributed by atoms with Gasteiger partial charge in [-0.3, -0.25) is 4.79 Å². The second-order valence-corrected chi connectivity index (χ2v) is 12.4. The molecule has 140 valence electrons. The minimum Gasteiger partial charge on any atom is -0.297 e.